The van der Waals surface area contributed by atoms with Crippen molar-refractivity contribution < 1.29 is 9.05 Å². The maximum absolute atomic E-state index is 5.34. The fraction of sp³-hybridized carbons (Fsp3) is 1.00. The van der Waals surface area contributed by atoms with Gasteiger partial charge in [0.1, 0.15) is 6.61 Å². The number of hydrogen-bond donors (Lipinski definition) is 2. The molecule has 0 aromatic carbocycles. The molecular formula is C5H13NO2PS+. The van der Waals surface area contributed by atoms with Crippen LogP contribution in [0.2, 0.25) is 0 Å². The third kappa shape index (κ3) is 2.07. The summed E-state index contributed by atoms with van der Waals surface area (Å²) in [5.74, 6) is 0. The highest BCUT2D eigenvalue weighted by Gasteiger charge is 2.46. The number of nitrogens with one attached hydrogen (secondary N) is 1. The highest BCUT2D eigenvalue weighted by Crippen LogP contribution is 2.64. The van der Waals surface area contributed by atoms with E-state index in [4.69, 9.17) is 9.05 Å². The van der Waals surface area contributed by atoms with Crippen molar-refractivity contribution in [2.24, 2.45) is 0 Å². The summed E-state index contributed by atoms with van der Waals surface area (Å²) in [4.78, 5) is 0. The molecule has 0 aromatic heterocycles. The van der Waals surface area contributed by atoms with E-state index >= 15 is 0 Å². The molecule has 0 saturated carbocycles. The first-order valence-corrected chi connectivity index (χ1v) is 6.12. The van der Waals surface area contributed by atoms with E-state index in [1.807, 2.05) is 6.92 Å². The third-order valence-corrected chi connectivity index (χ3v) is 4.10. The Balaban J connectivity index is 2.38. The van der Waals surface area contributed by atoms with Crippen LogP contribution in [0, 0.1) is 0 Å². The maximum Gasteiger partial charge on any atom is 0.409 e. The van der Waals surface area contributed by atoms with Crippen molar-refractivity contribution in [2.75, 3.05) is 13.2 Å². The van der Waals surface area contributed by atoms with Crippen molar-refractivity contribution in [3.8, 4) is 0 Å². The Morgan fingerprint density at radius 3 is 3.00 bits per heavy atom. The lowest BCUT2D eigenvalue weighted by atomic mass is 10.4. The van der Waals surface area contributed by atoms with Crippen LogP contribution in [0.3, 0.4) is 0 Å². The zero-order valence-electron chi connectivity index (χ0n) is 6.20. The Morgan fingerprint density at radius 2 is 2.60 bits per heavy atom. The van der Waals surface area contributed by atoms with E-state index in [1.54, 1.807) is 0 Å². The molecule has 1 unspecified atom stereocenters. The van der Waals surface area contributed by atoms with Gasteiger partial charge in [-0.1, -0.05) is 0 Å². The summed E-state index contributed by atoms with van der Waals surface area (Å²) in [5.41, 5.74) is 0. The van der Waals surface area contributed by atoms with Gasteiger partial charge >= 0.3 is 7.07 Å². The molecule has 0 aromatic rings. The molecule has 1 aliphatic heterocycles. The summed E-state index contributed by atoms with van der Waals surface area (Å²) in [6.45, 7) is 5.34. The standard InChI is InChI=1S/C5H13NO2PS/c1-3-7-9(10)6-5(2)4-8-9/h5-6,10H,3-4H2,1-2H3/q+1/t5-,9?/m0/s1. The second kappa shape index (κ2) is 3.37. The van der Waals surface area contributed by atoms with E-state index in [1.165, 1.54) is 0 Å². The second-order valence-electron chi connectivity index (χ2n) is 2.26. The van der Waals surface area contributed by atoms with Crippen LogP contribution in [0.4, 0.5) is 0 Å². The van der Waals surface area contributed by atoms with Gasteiger partial charge in [-0.15, -0.1) is 5.09 Å². The van der Waals surface area contributed by atoms with E-state index in [9.17, 15) is 0 Å². The third-order valence-electron chi connectivity index (χ3n) is 1.19. The summed E-state index contributed by atoms with van der Waals surface area (Å²) in [5, 5.41) is 3.16. The molecule has 1 N–H and O–H groups in total. The Bertz CT molecular complexity index is 122. The first-order valence-electron chi connectivity index (χ1n) is 3.35. The van der Waals surface area contributed by atoms with Crippen LogP contribution >= 0.6 is 19.3 Å². The van der Waals surface area contributed by atoms with E-state index in [0.717, 1.165) is 0 Å². The fourth-order valence-corrected chi connectivity index (χ4v) is 3.58. The highest BCUT2D eigenvalue weighted by atomic mass is 32.7. The first kappa shape index (κ1) is 8.75. The van der Waals surface area contributed by atoms with Crippen LogP contribution in [0.1, 0.15) is 13.8 Å². The molecule has 1 fully saturated rings. The summed E-state index contributed by atoms with van der Waals surface area (Å²) in [7, 11) is -1.93. The lowest BCUT2D eigenvalue weighted by molar-refractivity contribution is 0.278. The molecule has 60 valence electrons. The van der Waals surface area contributed by atoms with Gasteiger partial charge in [-0.2, -0.15) is 9.05 Å². The van der Waals surface area contributed by atoms with Crippen LogP contribution in [0.15, 0.2) is 0 Å². The number of thiol groups is 1. The minimum Gasteiger partial charge on any atom is -0.178 e. The Kier molecular flexibility index (Phi) is 2.95. The van der Waals surface area contributed by atoms with Crippen molar-refractivity contribution in [1.29, 1.82) is 0 Å². The lowest BCUT2D eigenvalue weighted by Crippen LogP contribution is -2.18. The van der Waals surface area contributed by atoms with Gasteiger partial charge in [0.15, 0.2) is 0 Å². The molecule has 0 bridgehead atoms. The van der Waals surface area contributed by atoms with Gasteiger partial charge in [-0.25, -0.2) is 0 Å². The molecule has 1 rings (SSSR count). The molecule has 10 heavy (non-hydrogen) atoms. The van der Waals surface area contributed by atoms with Crippen molar-refractivity contribution in [3.05, 3.63) is 0 Å². The van der Waals surface area contributed by atoms with Gasteiger partial charge in [0.25, 0.3) is 0 Å². The molecule has 0 amide bonds. The number of hydrogen-bond acceptors (Lipinski definition) is 4. The first-order chi connectivity index (χ1) is 4.66. The lowest BCUT2D eigenvalue weighted by Gasteiger charge is -2.08. The van der Waals surface area contributed by atoms with Gasteiger partial charge in [-0.3, -0.25) is 0 Å². The predicted octanol–water partition coefficient (Wildman–Crippen LogP) is 1.64. The minimum atomic E-state index is -1.93. The van der Waals surface area contributed by atoms with Gasteiger partial charge in [0.2, 0.25) is 0 Å². The van der Waals surface area contributed by atoms with Crippen LogP contribution in [0.5, 0.6) is 0 Å². The van der Waals surface area contributed by atoms with Crippen LogP contribution in [-0.4, -0.2) is 19.3 Å². The molecule has 1 heterocycles. The van der Waals surface area contributed by atoms with Crippen LogP contribution in [0.25, 0.3) is 0 Å². The topological polar surface area (TPSA) is 30.5 Å². The Morgan fingerprint density at radius 1 is 1.90 bits per heavy atom. The monoisotopic (exact) mass is 182 g/mol. The molecule has 3 nitrogen and oxygen atoms in total. The van der Waals surface area contributed by atoms with Gasteiger partial charge < -0.3 is 0 Å². The molecule has 0 aliphatic carbocycles. The normalized spacial score (nSPS) is 40.5. The highest BCUT2D eigenvalue weighted by molar-refractivity contribution is 8.48. The quantitative estimate of drug-likeness (QED) is 0.502. The van der Waals surface area contributed by atoms with Gasteiger partial charge in [-0.05, 0) is 13.8 Å². The van der Waals surface area contributed by atoms with E-state index in [-0.39, 0.29) is 0 Å². The largest absolute Gasteiger partial charge is 0.409 e. The maximum atomic E-state index is 5.34. The smallest absolute Gasteiger partial charge is 0.178 e. The van der Waals surface area contributed by atoms with E-state index in [0.29, 0.717) is 19.3 Å². The molecule has 0 spiro atoms. The summed E-state index contributed by atoms with van der Waals surface area (Å²) in [6.07, 6.45) is 0. The molecule has 1 aliphatic rings. The molecule has 1 saturated heterocycles. The molecule has 2 atom stereocenters. The van der Waals surface area contributed by atoms with Crippen molar-refractivity contribution in [2.45, 2.75) is 19.9 Å². The average Bonchev–Trinajstić information content (AvgIpc) is 2.12. The summed E-state index contributed by atoms with van der Waals surface area (Å²) in [6, 6.07) is 0.373. The Hall–Kier alpha value is 0.660. The molecule has 0 radical (unpaired) electrons. The molecule has 5 heteroatoms. The zero-order valence-corrected chi connectivity index (χ0v) is 7.99. The zero-order chi connectivity index (χ0) is 7.61. The van der Waals surface area contributed by atoms with Crippen molar-refractivity contribution >= 4 is 19.3 Å². The van der Waals surface area contributed by atoms with Gasteiger partial charge in [0, 0.05) is 0 Å². The SMILES string of the molecule is CCO[P+]1(S)N[C@@H](C)CO1. The van der Waals surface area contributed by atoms with Crippen LogP contribution in [-0.2, 0) is 9.05 Å². The van der Waals surface area contributed by atoms with E-state index < -0.39 is 7.07 Å². The average molecular weight is 182 g/mol. The Labute approximate surface area is 67.2 Å². The fourth-order valence-electron chi connectivity index (χ4n) is 0.815. The predicted molar refractivity (Wildman–Crippen MR) is 46.1 cm³/mol. The minimum absolute atomic E-state index is 0.373. The van der Waals surface area contributed by atoms with Gasteiger partial charge in [0.05, 0.1) is 24.9 Å². The van der Waals surface area contributed by atoms with Crippen LogP contribution < -0.4 is 5.09 Å². The summed E-state index contributed by atoms with van der Waals surface area (Å²) < 4.78 is 10.6. The second-order valence-corrected chi connectivity index (χ2v) is 5.66. The number of rotatable bonds is 2. The van der Waals surface area contributed by atoms with Crippen molar-refractivity contribution in [3.63, 3.8) is 0 Å². The van der Waals surface area contributed by atoms with E-state index in [2.05, 4.69) is 24.3 Å². The summed E-state index contributed by atoms with van der Waals surface area (Å²) >= 11 is 4.28. The molecular weight excluding hydrogens is 169 g/mol. The van der Waals surface area contributed by atoms with Crippen molar-refractivity contribution in [1.82, 2.24) is 5.09 Å².